The van der Waals surface area contributed by atoms with E-state index >= 15 is 4.39 Å². The van der Waals surface area contributed by atoms with Gasteiger partial charge in [-0.05, 0) is 55.7 Å². The number of nitrogens with one attached hydrogen (secondary N) is 3. The fourth-order valence-electron chi connectivity index (χ4n) is 3.67. The Morgan fingerprint density at radius 1 is 1.10 bits per heavy atom. The summed E-state index contributed by atoms with van der Waals surface area (Å²) in [6, 6.07) is 13.5. The van der Waals surface area contributed by atoms with Gasteiger partial charge in [-0.3, -0.25) is 4.98 Å². The Bertz CT molecular complexity index is 1190. The van der Waals surface area contributed by atoms with E-state index in [1.54, 1.807) is 12.3 Å². The second kappa shape index (κ2) is 8.45. The van der Waals surface area contributed by atoms with E-state index < -0.39 is 5.82 Å². The highest BCUT2D eigenvalue weighted by Crippen LogP contribution is 2.35. The van der Waals surface area contributed by atoms with Crippen molar-refractivity contribution in [3.05, 3.63) is 77.5 Å². The molecule has 2 aromatic heterocycles. The number of hydrogen-bond donors (Lipinski definition) is 3. The van der Waals surface area contributed by atoms with E-state index in [1.165, 1.54) is 23.6 Å². The van der Waals surface area contributed by atoms with Crippen molar-refractivity contribution >= 4 is 28.0 Å². The standard InChI is InChI=1S/C24H25FN4O/c1-15-5-4-6-19-17(14-28-23(15)19)9-11-27-20-7-8-21(24(30-3)22(20)25)29-18-10-12-26-16(2)13-18/h4-8,10,12-14,27-28H,9,11H2,1-3H3,(H,26,29). The third-order valence-electron chi connectivity index (χ3n) is 5.20. The lowest BCUT2D eigenvalue weighted by Crippen LogP contribution is -2.08. The van der Waals surface area contributed by atoms with E-state index in [0.29, 0.717) is 17.9 Å². The van der Waals surface area contributed by atoms with Crippen molar-refractivity contribution in [3.8, 4) is 5.75 Å². The lowest BCUT2D eigenvalue weighted by atomic mass is 10.1. The quantitative estimate of drug-likeness (QED) is 0.368. The van der Waals surface area contributed by atoms with Crippen molar-refractivity contribution in [2.75, 3.05) is 24.3 Å². The van der Waals surface area contributed by atoms with Crippen molar-refractivity contribution in [1.29, 1.82) is 0 Å². The molecule has 4 rings (SSSR count). The average molecular weight is 404 g/mol. The molecule has 3 N–H and O–H groups in total. The van der Waals surface area contributed by atoms with Gasteiger partial charge in [-0.2, -0.15) is 0 Å². The zero-order valence-electron chi connectivity index (χ0n) is 17.3. The summed E-state index contributed by atoms with van der Waals surface area (Å²) in [5.74, 6) is -0.236. The molecule has 4 aromatic rings. The average Bonchev–Trinajstić information content (AvgIpc) is 3.14. The molecular formula is C24H25FN4O. The zero-order chi connectivity index (χ0) is 21.1. The molecule has 0 saturated carbocycles. The largest absolute Gasteiger partial charge is 0.492 e. The first kappa shape index (κ1) is 19.8. The number of nitrogens with zero attached hydrogens (tertiary/aromatic N) is 1. The molecule has 0 unspecified atom stereocenters. The molecule has 0 amide bonds. The summed E-state index contributed by atoms with van der Waals surface area (Å²) in [5.41, 5.74) is 6.27. The molecule has 30 heavy (non-hydrogen) atoms. The third kappa shape index (κ3) is 3.94. The van der Waals surface area contributed by atoms with Crippen LogP contribution in [0.25, 0.3) is 10.9 Å². The second-order valence-electron chi connectivity index (χ2n) is 7.31. The van der Waals surface area contributed by atoms with E-state index in [2.05, 4.69) is 45.7 Å². The Kier molecular flexibility index (Phi) is 5.57. The molecule has 0 atom stereocenters. The molecule has 0 saturated heterocycles. The molecule has 0 spiro atoms. The van der Waals surface area contributed by atoms with Crippen LogP contribution in [0, 0.1) is 19.7 Å². The van der Waals surface area contributed by atoms with E-state index in [4.69, 9.17) is 4.74 Å². The Balaban J connectivity index is 1.48. The minimum absolute atomic E-state index is 0.178. The molecule has 0 radical (unpaired) electrons. The minimum Gasteiger partial charge on any atom is -0.492 e. The Labute approximate surface area is 175 Å². The van der Waals surface area contributed by atoms with Crippen LogP contribution in [0.1, 0.15) is 16.8 Å². The van der Waals surface area contributed by atoms with E-state index in [1.807, 2.05) is 31.3 Å². The van der Waals surface area contributed by atoms with Gasteiger partial charge in [0.1, 0.15) is 0 Å². The molecule has 154 valence electrons. The van der Waals surface area contributed by atoms with Crippen LogP contribution in [-0.2, 0) is 6.42 Å². The highest BCUT2D eigenvalue weighted by Gasteiger charge is 2.15. The summed E-state index contributed by atoms with van der Waals surface area (Å²) < 4.78 is 20.4. The maximum absolute atomic E-state index is 15.0. The van der Waals surface area contributed by atoms with Gasteiger partial charge in [0.25, 0.3) is 0 Å². The molecule has 5 nitrogen and oxygen atoms in total. The van der Waals surface area contributed by atoms with E-state index in [-0.39, 0.29) is 5.75 Å². The monoisotopic (exact) mass is 404 g/mol. The molecule has 2 heterocycles. The third-order valence-corrected chi connectivity index (χ3v) is 5.20. The van der Waals surface area contributed by atoms with Gasteiger partial charge >= 0.3 is 0 Å². The van der Waals surface area contributed by atoms with Gasteiger partial charge in [-0.15, -0.1) is 0 Å². The van der Waals surface area contributed by atoms with Crippen molar-refractivity contribution in [1.82, 2.24) is 9.97 Å². The molecule has 6 heteroatoms. The zero-order valence-corrected chi connectivity index (χ0v) is 17.3. The fourth-order valence-corrected chi connectivity index (χ4v) is 3.67. The van der Waals surface area contributed by atoms with Gasteiger partial charge in [0, 0.05) is 41.2 Å². The number of benzene rings is 2. The van der Waals surface area contributed by atoms with Gasteiger partial charge in [0.2, 0.25) is 0 Å². The number of rotatable bonds is 7. The first-order chi connectivity index (χ1) is 14.6. The summed E-state index contributed by atoms with van der Waals surface area (Å²) >= 11 is 0. The first-order valence-corrected chi connectivity index (χ1v) is 9.92. The first-order valence-electron chi connectivity index (χ1n) is 9.92. The van der Waals surface area contributed by atoms with Crippen LogP contribution in [0.5, 0.6) is 5.75 Å². The van der Waals surface area contributed by atoms with Crippen molar-refractivity contribution in [2.24, 2.45) is 0 Å². The van der Waals surface area contributed by atoms with Crippen LogP contribution in [0.4, 0.5) is 21.5 Å². The van der Waals surface area contributed by atoms with Crippen LogP contribution in [0.3, 0.4) is 0 Å². The topological polar surface area (TPSA) is 62.0 Å². The molecule has 0 aliphatic carbocycles. The van der Waals surface area contributed by atoms with E-state index in [9.17, 15) is 0 Å². The molecule has 0 aliphatic heterocycles. The van der Waals surface area contributed by atoms with Crippen LogP contribution in [0.2, 0.25) is 0 Å². The van der Waals surface area contributed by atoms with Gasteiger partial charge in [-0.1, -0.05) is 18.2 Å². The predicted molar refractivity (Wildman–Crippen MR) is 120 cm³/mol. The smallest absolute Gasteiger partial charge is 0.190 e. The maximum atomic E-state index is 15.0. The van der Waals surface area contributed by atoms with E-state index in [0.717, 1.165) is 23.3 Å². The van der Waals surface area contributed by atoms with Gasteiger partial charge in [-0.25, -0.2) is 4.39 Å². The minimum atomic E-state index is -0.414. The lowest BCUT2D eigenvalue weighted by molar-refractivity contribution is 0.389. The van der Waals surface area contributed by atoms with Crippen molar-refractivity contribution < 1.29 is 9.13 Å². The Hall–Kier alpha value is -3.54. The fraction of sp³-hybridized carbons (Fsp3) is 0.208. The van der Waals surface area contributed by atoms with Crippen LogP contribution in [-0.4, -0.2) is 23.6 Å². The number of fused-ring (bicyclic) bond motifs is 1. The van der Waals surface area contributed by atoms with Gasteiger partial charge in [0.15, 0.2) is 11.6 Å². The maximum Gasteiger partial charge on any atom is 0.190 e. The number of aromatic nitrogens is 2. The number of para-hydroxylation sites is 1. The van der Waals surface area contributed by atoms with Crippen molar-refractivity contribution in [2.45, 2.75) is 20.3 Å². The normalized spacial score (nSPS) is 10.9. The molecule has 0 fully saturated rings. The Morgan fingerprint density at radius 2 is 1.93 bits per heavy atom. The summed E-state index contributed by atoms with van der Waals surface area (Å²) in [4.78, 5) is 7.51. The van der Waals surface area contributed by atoms with Gasteiger partial charge < -0.3 is 20.4 Å². The number of halogens is 1. The summed E-state index contributed by atoms with van der Waals surface area (Å²) in [5, 5.41) is 7.61. The second-order valence-corrected chi connectivity index (χ2v) is 7.31. The summed E-state index contributed by atoms with van der Waals surface area (Å²) in [6.45, 7) is 4.60. The summed E-state index contributed by atoms with van der Waals surface area (Å²) in [7, 11) is 1.47. The van der Waals surface area contributed by atoms with Crippen LogP contribution < -0.4 is 15.4 Å². The number of aryl methyl sites for hydroxylation is 2. The highest BCUT2D eigenvalue weighted by atomic mass is 19.1. The molecule has 2 aromatic carbocycles. The van der Waals surface area contributed by atoms with Crippen molar-refractivity contribution in [3.63, 3.8) is 0 Å². The number of methoxy groups -OCH3 is 1. The van der Waals surface area contributed by atoms with Crippen LogP contribution >= 0.6 is 0 Å². The van der Waals surface area contributed by atoms with Crippen LogP contribution in [0.15, 0.2) is 54.9 Å². The molecule has 0 bridgehead atoms. The van der Waals surface area contributed by atoms with Gasteiger partial charge in [0.05, 0.1) is 18.5 Å². The highest BCUT2D eigenvalue weighted by molar-refractivity contribution is 5.85. The number of anilines is 3. The molecule has 0 aliphatic rings. The number of hydrogen-bond acceptors (Lipinski definition) is 4. The summed E-state index contributed by atoms with van der Waals surface area (Å²) in [6.07, 6.45) is 4.52. The SMILES string of the molecule is COc1c(Nc2ccnc(C)c2)ccc(NCCc2c[nH]c3c(C)cccc23)c1F. The Morgan fingerprint density at radius 3 is 2.73 bits per heavy atom. The predicted octanol–water partition coefficient (Wildman–Crippen LogP) is 5.73. The molecular weight excluding hydrogens is 379 g/mol. The number of ether oxygens (including phenoxy) is 1. The number of aromatic amines is 1. The number of pyridine rings is 1. The number of H-pyrrole nitrogens is 1. The lowest BCUT2D eigenvalue weighted by Gasteiger charge is -2.15.